The lowest BCUT2D eigenvalue weighted by atomic mass is 10.1. The molecule has 0 spiro atoms. The molecule has 0 aromatic heterocycles. The predicted octanol–water partition coefficient (Wildman–Crippen LogP) is 3.22. The summed E-state index contributed by atoms with van der Waals surface area (Å²) in [7, 11) is -3.04. The summed E-state index contributed by atoms with van der Waals surface area (Å²) in [5, 5.41) is 0. The van der Waals surface area contributed by atoms with Gasteiger partial charge in [0, 0.05) is 18.2 Å². The van der Waals surface area contributed by atoms with Crippen LogP contribution in [-0.4, -0.2) is 43.3 Å². The maximum absolute atomic E-state index is 12.9. The molecule has 1 amide bonds. The fourth-order valence-corrected chi connectivity index (χ4v) is 5.17. The molecule has 0 saturated carbocycles. The van der Waals surface area contributed by atoms with E-state index in [4.69, 9.17) is 4.74 Å². The zero-order chi connectivity index (χ0) is 19.4. The third-order valence-electron chi connectivity index (χ3n) is 4.82. The molecule has 2 aromatic carbocycles. The summed E-state index contributed by atoms with van der Waals surface area (Å²) in [6.07, 6.45) is 0.505. The molecule has 144 valence electrons. The molecule has 27 heavy (non-hydrogen) atoms. The lowest BCUT2D eigenvalue weighted by Crippen LogP contribution is -2.40. The number of hydrogen-bond donors (Lipinski definition) is 0. The molecule has 1 aliphatic heterocycles. The van der Waals surface area contributed by atoms with Crippen LogP contribution in [-0.2, 0) is 16.4 Å². The van der Waals surface area contributed by atoms with Crippen molar-refractivity contribution in [2.24, 2.45) is 0 Å². The van der Waals surface area contributed by atoms with Crippen LogP contribution in [0.25, 0.3) is 0 Å². The summed E-state index contributed by atoms with van der Waals surface area (Å²) < 4.78 is 29.4. The third-order valence-corrected chi connectivity index (χ3v) is 6.57. The highest BCUT2D eigenvalue weighted by molar-refractivity contribution is 7.91. The second-order valence-electron chi connectivity index (χ2n) is 6.95. The van der Waals surface area contributed by atoms with Crippen molar-refractivity contribution in [3.63, 3.8) is 0 Å². The topological polar surface area (TPSA) is 63.7 Å². The molecule has 5 nitrogen and oxygen atoms in total. The highest BCUT2D eigenvalue weighted by atomic mass is 32.2. The van der Waals surface area contributed by atoms with Crippen LogP contribution in [0.3, 0.4) is 0 Å². The number of sulfone groups is 1. The fraction of sp³-hybridized carbons (Fsp3) is 0.381. The maximum Gasteiger partial charge on any atom is 0.254 e. The first kappa shape index (κ1) is 19.4. The van der Waals surface area contributed by atoms with E-state index < -0.39 is 9.84 Å². The van der Waals surface area contributed by atoms with Crippen LogP contribution in [0.2, 0.25) is 0 Å². The van der Waals surface area contributed by atoms with Gasteiger partial charge in [0.05, 0.1) is 11.5 Å². The van der Waals surface area contributed by atoms with Crippen molar-refractivity contribution >= 4 is 15.7 Å². The van der Waals surface area contributed by atoms with E-state index in [2.05, 4.69) is 6.07 Å². The smallest absolute Gasteiger partial charge is 0.254 e. The van der Waals surface area contributed by atoms with E-state index in [1.54, 1.807) is 23.1 Å². The third kappa shape index (κ3) is 4.89. The van der Waals surface area contributed by atoms with E-state index >= 15 is 0 Å². The Labute approximate surface area is 160 Å². The molecule has 1 unspecified atom stereocenters. The average molecular weight is 388 g/mol. The molecule has 3 rings (SSSR count). The first-order valence-electron chi connectivity index (χ1n) is 9.18. The molecular formula is C21H25NO4S. The van der Waals surface area contributed by atoms with Crippen molar-refractivity contribution in [2.75, 3.05) is 18.1 Å². The van der Waals surface area contributed by atoms with Crippen molar-refractivity contribution in [2.45, 2.75) is 32.9 Å². The van der Waals surface area contributed by atoms with Crippen molar-refractivity contribution in [1.29, 1.82) is 0 Å². The number of aryl methyl sites for hydroxylation is 1. The number of hydrogen-bond acceptors (Lipinski definition) is 4. The van der Waals surface area contributed by atoms with Crippen molar-refractivity contribution in [3.8, 4) is 5.75 Å². The van der Waals surface area contributed by atoms with Crippen LogP contribution in [0.15, 0.2) is 48.5 Å². The Morgan fingerprint density at radius 1 is 1.19 bits per heavy atom. The van der Waals surface area contributed by atoms with Gasteiger partial charge in [-0.05, 0) is 44.0 Å². The van der Waals surface area contributed by atoms with Crippen LogP contribution < -0.4 is 4.74 Å². The number of amides is 1. The van der Waals surface area contributed by atoms with Gasteiger partial charge in [-0.15, -0.1) is 0 Å². The van der Waals surface area contributed by atoms with E-state index in [-0.39, 0.29) is 23.5 Å². The molecule has 1 aliphatic rings. The number of rotatable bonds is 6. The van der Waals surface area contributed by atoms with E-state index in [0.29, 0.717) is 30.9 Å². The second kappa shape index (κ2) is 8.13. The SMILES string of the molecule is CCN(C(=O)c1cccc(OCc2cccc(C)c2)c1)C1CCS(=O)(=O)C1. The summed E-state index contributed by atoms with van der Waals surface area (Å²) in [4.78, 5) is 14.6. The summed E-state index contributed by atoms with van der Waals surface area (Å²) in [6, 6.07) is 14.9. The average Bonchev–Trinajstić information content (AvgIpc) is 3.00. The number of benzene rings is 2. The van der Waals surface area contributed by atoms with Gasteiger partial charge in [-0.25, -0.2) is 8.42 Å². The van der Waals surface area contributed by atoms with Gasteiger partial charge < -0.3 is 9.64 Å². The zero-order valence-electron chi connectivity index (χ0n) is 15.7. The van der Waals surface area contributed by atoms with Gasteiger partial charge in [-0.3, -0.25) is 4.79 Å². The van der Waals surface area contributed by atoms with E-state index in [1.165, 1.54) is 5.56 Å². The molecule has 0 bridgehead atoms. The minimum atomic E-state index is -3.04. The Morgan fingerprint density at radius 3 is 2.63 bits per heavy atom. The van der Waals surface area contributed by atoms with Crippen LogP contribution in [0.4, 0.5) is 0 Å². The highest BCUT2D eigenvalue weighted by Crippen LogP contribution is 2.22. The first-order valence-corrected chi connectivity index (χ1v) is 11.0. The van der Waals surface area contributed by atoms with Gasteiger partial charge in [0.2, 0.25) is 0 Å². The molecule has 0 aliphatic carbocycles. The largest absolute Gasteiger partial charge is 0.489 e. The van der Waals surface area contributed by atoms with Gasteiger partial charge in [-0.1, -0.05) is 35.9 Å². The quantitative estimate of drug-likeness (QED) is 0.763. The molecule has 2 aromatic rings. The minimum Gasteiger partial charge on any atom is -0.489 e. The van der Waals surface area contributed by atoms with Crippen LogP contribution in [0.5, 0.6) is 5.75 Å². The number of ether oxygens (including phenoxy) is 1. The number of carbonyl (C=O) groups is 1. The Morgan fingerprint density at radius 2 is 1.96 bits per heavy atom. The minimum absolute atomic E-state index is 0.0517. The van der Waals surface area contributed by atoms with Crippen molar-refractivity contribution in [1.82, 2.24) is 4.90 Å². The van der Waals surface area contributed by atoms with Gasteiger partial charge in [0.25, 0.3) is 5.91 Å². The Hall–Kier alpha value is -2.34. The number of carbonyl (C=O) groups excluding carboxylic acids is 1. The summed E-state index contributed by atoms with van der Waals surface area (Å²) in [5.74, 6) is 0.676. The van der Waals surface area contributed by atoms with E-state index in [1.807, 2.05) is 38.1 Å². The number of nitrogens with zero attached hydrogens (tertiary/aromatic N) is 1. The predicted molar refractivity (Wildman–Crippen MR) is 106 cm³/mol. The van der Waals surface area contributed by atoms with E-state index in [0.717, 1.165) is 5.56 Å². The molecule has 1 atom stereocenters. The lowest BCUT2D eigenvalue weighted by molar-refractivity contribution is 0.0708. The summed E-state index contributed by atoms with van der Waals surface area (Å²) in [6.45, 7) is 4.82. The van der Waals surface area contributed by atoms with Crippen LogP contribution >= 0.6 is 0 Å². The van der Waals surface area contributed by atoms with Gasteiger partial charge >= 0.3 is 0 Å². The highest BCUT2D eigenvalue weighted by Gasteiger charge is 2.34. The molecule has 0 N–H and O–H groups in total. The summed E-state index contributed by atoms with van der Waals surface area (Å²) in [5.41, 5.74) is 2.76. The normalized spacial score (nSPS) is 18.2. The Kier molecular flexibility index (Phi) is 5.85. The summed E-state index contributed by atoms with van der Waals surface area (Å²) >= 11 is 0. The zero-order valence-corrected chi connectivity index (χ0v) is 16.5. The van der Waals surface area contributed by atoms with Gasteiger partial charge in [-0.2, -0.15) is 0 Å². The molecule has 1 saturated heterocycles. The first-order chi connectivity index (χ1) is 12.9. The molecular weight excluding hydrogens is 362 g/mol. The second-order valence-corrected chi connectivity index (χ2v) is 9.18. The molecule has 1 fully saturated rings. The maximum atomic E-state index is 12.9. The van der Waals surface area contributed by atoms with Crippen molar-refractivity contribution < 1.29 is 17.9 Å². The van der Waals surface area contributed by atoms with Gasteiger partial charge in [0.15, 0.2) is 9.84 Å². The van der Waals surface area contributed by atoms with Crippen LogP contribution in [0, 0.1) is 6.92 Å². The van der Waals surface area contributed by atoms with Gasteiger partial charge in [0.1, 0.15) is 12.4 Å². The molecule has 6 heteroatoms. The van der Waals surface area contributed by atoms with E-state index in [9.17, 15) is 13.2 Å². The Balaban J connectivity index is 1.71. The Bertz CT molecular complexity index is 923. The standard InChI is InChI=1S/C21H25NO4S/c1-3-22(19-10-11-27(24,25)15-19)21(23)18-8-5-9-20(13-18)26-14-17-7-4-6-16(2)12-17/h4-9,12-13,19H,3,10-11,14-15H2,1-2H3. The lowest BCUT2D eigenvalue weighted by Gasteiger charge is -2.27. The van der Waals surface area contributed by atoms with Crippen LogP contribution in [0.1, 0.15) is 34.8 Å². The monoisotopic (exact) mass is 387 g/mol. The molecule has 0 radical (unpaired) electrons. The molecule has 1 heterocycles. The van der Waals surface area contributed by atoms with Crippen molar-refractivity contribution in [3.05, 3.63) is 65.2 Å². The fourth-order valence-electron chi connectivity index (χ4n) is 3.44.